The number of hydrogen-bond donors (Lipinski definition) is 2. The molecule has 0 bridgehead atoms. The fourth-order valence-electron chi connectivity index (χ4n) is 3.59. The van der Waals surface area contributed by atoms with E-state index in [9.17, 15) is 18.4 Å². The first-order chi connectivity index (χ1) is 13.8. The maximum atomic E-state index is 14.6. The number of nitrogens with zero attached hydrogens (tertiary/aromatic N) is 2. The van der Waals surface area contributed by atoms with Crippen LogP contribution in [0.5, 0.6) is 0 Å². The van der Waals surface area contributed by atoms with Crippen molar-refractivity contribution in [3.63, 3.8) is 0 Å². The van der Waals surface area contributed by atoms with Crippen LogP contribution in [-0.4, -0.2) is 46.6 Å². The maximum Gasteiger partial charge on any atom is 0.328 e. The van der Waals surface area contributed by atoms with Gasteiger partial charge < -0.3 is 19.9 Å². The number of esters is 1. The lowest BCUT2D eigenvalue weighted by Crippen LogP contribution is -2.51. The minimum absolute atomic E-state index is 0.00618. The monoisotopic (exact) mass is 406 g/mol. The van der Waals surface area contributed by atoms with E-state index in [4.69, 9.17) is 4.74 Å². The minimum atomic E-state index is -0.918. The van der Waals surface area contributed by atoms with E-state index >= 15 is 0 Å². The average Bonchev–Trinajstić information content (AvgIpc) is 3.16. The van der Waals surface area contributed by atoms with Crippen LogP contribution < -0.4 is 5.32 Å². The molecule has 2 heterocycles. The summed E-state index contributed by atoms with van der Waals surface area (Å²) in [7, 11) is 1.25. The third kappa shape index (κ3) is 4.38. The van der Waals surface area contributed by atoms with E-state index in [0.29, 0.717) is 18.5 Å². The van der Waals surface area contributed by atoms with Crippen LogP contribution in [0.3, 0.4) is 0 Å². The van der Waals surface area contributed by atoms with Crippen LogP contribution in [0.2, 0.25) is 0 Å². The van der Waals surface area contributed by atoms with Crippen LogP contribution in [0.4, 0.5) is 13.6 Å². The highest BCUT2D eigenvalue weighted by Crippen LogP contribution is 2.35. The molecular weight excluding hydrogens is 382 g/mol. The molecule has 2 aromatic rings. The van der Waals surface area contributed by atoms with Gasteiger partial charge in [-0.1, -0.05) is 13.8 Å². The second-order valence-electron chi connectivity index (χ2n) is 7.43. The molecule has 0 radical (unpaired) electrons. The number of imidazole rings is 1. The van der Waals surface area contributed by atoms with Gasteiger partial charge in [-0.2, -0.15) is 0 Å². The second-order valence-corrected chi connectivity index (χ2v) is 7.43. The Morgan fingerprint density at radius 1 is 1.38 bits per heavy atom. The number of H-pyrrole nitrogens is 1. The van der Waals surface area contributed by atoms with Crippen LogP contribution in [0, 0.1) is 17.6 Å². The standard InChI is InChI=1S/C20H24F2N4O3/c1-11(2)8-16(19(27)29-3)25-20(28)26-7-6-15-17(24-10-23-15)18(26)13-9-12(21)4-5-14(13)22/h4-5,9-11,16,18H,6-8H2,1-3H3,(H,23,24)(H,25,28)/t16-,18+/m1/s1. The Bertz CT molecular complexity index is 900. The molecule has 0 spiro atoms. The van der Waals surface area contributed by atoms with Gasteiger partial charge in [-0.05, 0) is 30.5 Å². The fraction of sp³-hybridized carbons (Fsp3) is 0.450. The number of fused-ring (bicyclic) bond motifs is 1. The molecule has 2 amide bonds. The molecule has 0 unspecified atom stereocenters. The first-order valence-corrected chi connectivity index (χ1v) is 9.43. The van der Waals surface area contributed by atoms with E-state index in [2.05, 4.69) is 15.3 Å². The van der Waals surface area contributed by atoms with E-state index in [1.165, 1.54) is 18.3 Å². The van der Waals surface area contributed by atoms with Crippen molar-refractivity contribution >= 4 is 12.0 Å². The van der Waals surface area contributed by atoms with Crippen molar-refractivity contribution in [2.75, 3.05) is 13.7 Å². The van der Waals surface area contributed by atoms with Gasteiger partial charge in [-0.3, -0.25) is 0 Å². The van der Waals surface area contributed by atoms with Crippen LogP contribution in [0.15, 0.2) is 24.5 Å². The van der Waals surface area contributed by atoms with E-state index in [1.807, 2.05) is 13.8 Å². The number of nitrogens with one attached hydrogen (secondary N) is 2. The molecule has 0 saturated heterocycles. The van der Waals surface area contributed by atoms with Gasteiger partial charge in [0.25, 0.3) is 0 Å². The number of aromatic amines is 1. The van der Waals surface area contributed by atoms with Crippen molar-refractivity contribution in [1.29, 1.82) is 0 Å². The Morgan fingerprint density at radius 3 is 2.83 bits per heavy atom. The lowest BCUT2D eigenvalue weighted by atomic mass is 9.95. The molecule has 2 N–H and O–H groups in total. The summed E-state index contributed by atoms with van der Waals surface area (Å²) in [6, 6.07) is 0.786. The zero-order valence-electron chi connectivity index (χ0n) is 16.5. The molecule has 1 aromatic heterocycles. The van der Waals surface area contributed by atoms with Crippen LogP contribution in [0.1, 0.15) is 43.3 Å². The minimum Gasteiger partial charge on any atom is -0.467 e. The second kappa shape index (κ2) is 8.59. The Kier molecular flexibility index (Phi) is 6.14. The predicted octanol–water partition coefficient (Wildman–Crippen LogP) is 2.93. The average molecular weight is 406 g/mol. The quantitative estimate of drug-likeness (QED) is 0.748. The molecule has 0 saturated carbocycles. The van der Waals surface area contributed by atoms with Crippen molar-refractivity contribution in [3.8, 4) is 0 Å². The van der Waals surface area contributed by atoms with Gasteiger partial charge in [0.05, 0.1) is 19.1 Å². The summed E-state index contributed by atoms with van der Waals surface area (Å²) >= 11 is 0. The summed E-state index contributed by atoms with van der Waals surface area (Å²) in [6.07, 6.45) is 2.33. The number of aromatic nitrogens is 2. The number of methoxy groups -OCH3 is 1. The smallest absolute Gasteiger partial charge is 0.328 e. The van der Waals surface area contributed by atoms with Gasteiger partial charge in [0.15, 0.2) is 0 Å². The Hall–Kier alpha value is -2.97. The zero-order chi connectivity index (χ0) is 21.1. The highest BCUT2D eigenvalue weighted by Gasteiger charge is 2.37. The Morgan fingerprint density at radius 2 is 2.14 bits per heavy atom. The largest absolute Gasteiger partial charge is 0.467 e. The lowest BCUT2D eigenvalue weighted by Gasteiger charge is -2.36. The lowest BCUT2D eigenvalue weighted by molar-refractivity contribution is -0.143. The van der Waals surface area contributed by atoms with E-state index in [-0.39, 0.29) is 18.0 Å². The molecule has 3 rings (SSSR count). The van der Waals surface area contributed by atoms with Crippen LogP contribution >= 0.6 is 0 Å². The van der Waals surface area contributed by atoms with Crippen molar-refractivity contribution in [2.45, 2.75) is 38.8 Å². The number of hydrogen-bond acceptors (Lipinski definition) is 4. The van der Waals surface area contributed by atoms with Crippen LogP contribution in [-0.2, 0) is 16.0 Å². The van der Waals surface area contributed by atoms with Gasteiger partial charge in [0.2, 0.25) is 0 Å². The normalized spacial score (nSPS) is 17.0. The number of rotatable bonds is 5. The number of urea groups is 1. The zero-order valence-corrected chi connectivity index (χ0v) is 16.5. The summed E-state index contributed by atoms with van der Waals surface area (Å²) in [5, 5.41) is 2.68. The molecule has 7 nitrogen and oxygen atoms in total. The highest BCUT2D eigenvalue weighted by atomic mass is 19.1. The van der Waals surface area contributed by atoms with Crippen molar-refractivity contribution < 1.29 is 23.1 Å². The van der Waals surface area contributed by atoms with Crippen molar-refractivity contribution in [1.82, 2.24) is 20.2 Å². The molecule has 1 aliphatic heterocycles. The van der Waals surface area contributed by atoms with E-state index in [1.54, 1.807) is 0 Å². The predicted molar refractivity (Wildman–Crippen MR) is 101 cm³/mol. The molecule has 2 atom stereocenters. The Labute approximate surface area is 167 Å². The summed E-state index contributed by atoms with van der Waals surface area (Å²) in [5.41, 5.74) is 1.22. The number of carbonyl (C=O) groups excluding carboxylic acids is 2. The summed E-state index contributed by atoms with van der Waals surface area (Å²) in [4.78, 5) is 33.8. The van der Waals surface area contributed by atoms with Gasteiger partial charge in [-0.15, -0.1) is 0 Å². The molecule has 9 heteroatoms. The highest BCUT2D eigenvalue weighted by molar-refractivity contribution is 5.84. The van der Waals surface area contributed by atoms with Gasteiger partial charge in [0, 0.05) is 24.2 Å². The number of benzene rings is 1. The van der Waals surface area contributed by atoms with E-state index in [0.717, 1.165) is 23.9 Å². The summed E-state index contributed by atoms with van der Waals surface area (Å²) in [6.45, 7) is 4.09. The molecule has 0 fully saturated rings. The molecule has 156 valence electrons. The number of ether oxygens (including phenoxy) is 1. The molecular formula is C20H24F2N4O3. The first-order valence-electron chi connectivity index (χ1n) is 9.43. The number of carbonyl (C=O) groups is 2. The molecule has 29 heavy (non-hydrogen) atoms. The first kappa shape index (κ1) is 20.8. The SMILES string of the molecule is COC(=O)[C@@H](CC(C)C)NC(=O)N1CCc2[nH]cnc2[C@@H]1c1cc(F)ccc1F. The number of amides is 2. The maximum absolute atomic E-state index is 14.6. The fourth-order valence-corrected chi connectivity index (χ4v) is 3.59. The van der Waals surface area contributed by atoms with Gasteiger partial charge >= 0.3 is 12.0 Å². The molecule has 0 aliphatic carbocycles. The van der Waals surface area contributed by atoms with Gasteiger partial charge in [0.1, 0.15) is 23.7 Å². The van der Waals surface area contributed by atoms with E-state index < -0.39 is 35.7 Å². The number of halogens is 2. The topological polar surface area (TPSA) is 87.3 Å². The third-order valence-corrected chi connectivity index (χ3v) is 4.93. The summed E-state index contributed by atoms with van der Waals surface area (Å²) < 4.78 is 33.2. The molecule has 1 aliphatic rings. The molecule has 1 aromatic carbocycles. The van der Waals surface area contributed by atoms with Crippen molar-refractivity contribution in [2.24, 2.45) is 5.92 Å². The third-order valence-electron chi connectivity index (χ3n) is 4.93. The van der Waals surface area contributed by atoms with Gasteiger partial charge in [-0.25, -0.2) is 23.4 Å². The van der Waals surface area contributed by atoms with Crippen LogP contribution in [0.25, 0.3) is 0 Å². The Balaban J connectivity index is 1.95. The summed E-state index contributed by atoms with van der Waals surface area (Å²) in [5.74, 6) is -1.68. The van der Waals surface area contributed by atoms with Crippen molar-refractivity contribution in [3.05, 3.63) is 53.1 Å².